The third kappa shape index (κ3) is 2.77. The van der Waals surface area contributed by atoms with Crippen LogP contribution in [0, 0.1) is 5.92 Å². The first-order valence-corrected chi connectivity index (χ1v) is 5.91. The Hall–Kier alpha value is -1.66. The van der Waals surface area contributed by atoms with Crippen molar-refractivity contribution in [1.29, 1.82) is 0 Å². The van der Waals surface area contributed by atoms with Crippen LogP contribution in [0.15, 0.2) is 0 Å². The summed E-state index contributed by atoms with van der Waals surface area (Å²) >= 11 is 0. The molecule has 1 aromatic heterocycles. The van der Waals surface area contributed by atoms with Crippen molar-refractivity contribution >= 4 is 5.95 Å². The molecule has 1 aromatic rings. The first kappa shape index (κ1) is 12.8. The van der Waals surface area contributed by atoms with Crippen LogP contribution in [0.2, 0.25) is 0 Å². The van der Waals surface area contributed by atoms with Gasteiger partial charge in [-0.1, -0.05) is 0 Å². The molecule has 1 saturated heterocycles. The molecule has 1 atom stereocenters. The molecule has 100 valence electrons. The number of halogens is 1. The Bertz CT molecular complexity index is 382. The number of aromatic nitrogens is 3. The van der Waals surface area contributed by atoms with Gasteiger partial charge in [-0.05, 0) is 12.8 Å². The number of methoxy groups -OCH3 is 2. The van der Waals surface area contributed by atoms with Crippen LogP contribution in [-0.4, -0.2) is 48.9 Å². The van der Waals surface area contributed by atoms with Gasteiger partial charge in [-0.15, -0.1) is 4.98 Å². The van der Waals surface area contributed by atoms with Crippen LogP contribution in [0.3, 0.4) is 0 Å². The van der Waals surface area contributed by atoms with Gasteiger partial charge in [-0.25, -0.2) is 0 Å². The van der Waals surface area contributed by atoms with E-state index in [4.69, 9.17) is 9.47 Å². The second-order valence-corrected chi connectivity index (χ2v) is 4.22. The lowest BCUT2D eigenvalue weighted by Gasteiger charge is -2.31. The molecule has 0 bridgehead atoms. The molecule has 6 nitrogen and oxygen atoms in total. The number of rotatable bonds is 4. The van der Waals surface area contributed by atoms with Crippen LogP contribution in [0.1, 0.15) is 12.8 Å². The summed E-state index contributed by atoms with van der Waals surface area (Å²) in [6.45, 7) is 1.12. The van der Waals surface area contributed by atoms with E-state index in [-0.39, 0.29) is 24.6 Å². The van der Waals surface area contributed by atoms with Crippen molar-refractivity contribution in [3.8, 4) is 12.0 Å². The Morgan fingerprint density at radius 1 is 1.22 bits per heavy atom. The number of piperidine rings is 1. The van der Waals surface area contributed by atoms with Crippen LogP contribution >= 0.6 is 0 Å². The van der Waals surface area contributed by atoms with Crippen LogP contribution in [0.25, 0.3) is 0 Å². The van der Waals surface area contributed by atoms with Crippen LogP contribution in [0.5, 0.6) is 12.0 Å². The smallest absolute Gasteiger partial charge is 0.324 e. The summed E-state index contributed by atoms with van der Waals surface area (Å²) in [7, 11) is 2.97. The van der Waals surface area contributed by atoms with Crippen molar-refractivity contribution in [2.45, 2.75) is 12.8 Å². The zero-order valence-corrected chi connectivity index (χ0v) is 10.6. The van der Waals surface area contributed by atoms with Gasteiger partial charge in [0.25, 0.3) is 0 Å². The zero-order chi connectivity index (χ0) is 13.0. The van der Waals surface area contributed by atoms with Crippen molar-refractivity contribution < 1.29 is 13.9 Å². The first-order chi connectivity index (χ1) is 8.76. The maximum Gasteiger partial charge on any atom is 0.324 e. The lowest BCUT2D eigenvalue weighted by atomic mass is 10.00. The van der Waals surface area contributed by atoms with E-state index in [1.54, 1.807) is 0 Å². The molecule has 1 aliphatic rings. The van der Waals surface area contributed by atoms with Gasteiger partial charge < -0.3 is 14.4 Å². The monoisotopic (exact) mass is 256 g/mol. The van der Waals surface area contributed by atoms with Gasteiger partial charge >= 0.3 is 12.0 Å². The van der Waals surface area contributed by atoms with Crippen molar-refractivity contribution in [2.75, 3.05) is 38.9 Å². The number of nitrogens with zero attached hydrogens (tertiary/aromatic N) is 4. The molecule has 1 aliphatic heterocycles. The summed E-state index contributed by atoms with van der Waals surface area (Å²) in [4.78, 5) is 14.2. The number of hydrogen-bond donors (Lipinski definition) is 0. The molecule has 1 unspecified atom stereocenters. The van der Waals surface area contributed by atoms with E-state index in [1.807, 2.05) is 4.90 Å². The predicted molar refractivity (Wildman–Crippen MR) is 63.8 cm³/mol. The third-order valence-electron chi connectivity index (χ3n) is 2.97. The number of alkyl halides is 1. The molecular weight excluding hydrogens is 239 g/mol. The van der Waals surface area contributed by atoms with E-state index in [0.29, 0.717) is 12.5 Å². The topological polar surface area (TPSA) is 60.4 Å². The van der Waals surface area contributed by atoms with Gasteiger partial charge in [0.15, 0.2) is 0 Å². The molecule has 0 radical (unpaired) electrons. The number of hydrogen-bond acceptors (Lipinski definition) is 6. The molecule has 0 saturated carbocycles. The summed E-state index contributed by atoms with van der Waals surface area (Å²) in [6, 6.07) is 0.415. The predicted octanol–water partition coefficient (Wildman–Crippen LogP) is 1.07. The van der Waals surface area contributed by atoms with Gasteiger partial charge in [-0.3, -0.25) is 4.39 Å². The maximum atomic E-state index is 12.7. The van der Waals surface area contributed by atoms with Crippen molar-refractivity contribution in [3.63, 3.8) is 0 Å². The minimum atomic E-state index is -0.310. The maximum absolute atomic E-state index is 12.7. The summed E-state index contributed by atoms with van der Waals surface area (Å²) in [5, 5.41) is 0. The van der Waals surface area contributed by atoms with Gasteiger partial charge in [-0.2, -0.15) is 9.97 Å². The second kappa shape index (κ2) is 5.79. The van der Waals surface area contributed by atoms with E-state index in [2.05, 4.69) is 15.0 Å². The molecule has 2 rings (SSSR count). The highest BCUT2D eigenvalue weighted by molar-refractivity contribution is 5.32. The molecule has 0 amide bonds. The SMILES string of the molecule is COc1nc(OC)nc(N2CCCC(CF)C2)n1. The molecule has 18 heavy (non-hydrogen) atoms. The molecule has 7 heteroatoms. The highest BCUT2D eigenvalue weighted by Crippen LogP contribution is 2.23. The Kier molecular flexibility index (Phi) is 4.11. The van der Waals surface area contributed by atoms with Crippen LogP contribution in [0.4, 0.5) is 10.3 Å². The van der Waals surface area contributed by atoms with Crippen molar-refractivity contribution in [2.24, 2.45) is 5.92 Å². The number of ether oxygens (including phenoxy) is 2. The minimum Gasteiger partial charge on any atom is -0.467 e. The van der Waals surface area contributed by atoms with E-state index in [1.165, 1.54) is 14.2 Å². The fraction of sp³-hybridized carbons (Fsp3) is 0.727. The molecule has 0 aromatic carbocycles. The standard InChI is InChI=1S/C11H17FN4O2/c1-17-10-13-9(14-11(15-10)18-2)16-5-3-4-8(6-12)7-16/h8H,3-7H2,1-2H3. The summed E-state index contributed by atoms with van der Waals surface area (Å²) in [5.41, 5.74) is 0. The molecule has 0 N–H and O–H groups in total. The molecule has 0 spiro atoms. The first-order valence-electron chi connectivity index (χ1n) is 5.91. The summed E-state index contributed by atoms with van der Waals surface area (Å²) in [6.07, 6.45) is 1.84. The van der Waals surface area contributed by atoms with Gasteiger partial charge in [0.1, 0.15) is 0 Å². The van der Waals surface area contributed by atoms with Gasteiger partial charge in [0.2, 0.25) is 5.95 Å². The van der Waals surface area contributed by atoms with E-state index in [0.717, 1.165) is 19.4 Å². The minimum absolute atomic E-state index is 0.0486. The third-order valence-corrected chi connectivity index (χ3v) is 2.97. The van der Waals surface area contributed by atoms with Gasteiger partial charge in [0.05, 0.1) is 20.9 Å². The lowest BCUT2D eigenvalue weighted by Crippen LogP contribution is -2.37. The summed E-state index contributed by atoms with van der Waals surface area (Å²) in [5.74, 6) is 0.532. The fourth-order valence-electron chi connectivity index (χ4n) is 2.02. The van der Waals surface area contributed by atoms with Crippen molar-refractivity contribution in [3.05, 3.63) is 0 Å². The highest BCUT2D eigenvalue weighted by atomic mass is 19.1. The van der Waals surface area contributed by atoms with E-state index in [9.17, 15) is 4.39 Å². The van der Waals surface area contributed by atoms with E-state index >= 15 is 0 Å². The molecular formula is C11H17FN4O2. The van der Waals surface area contributed by atoms with Crippen LogP contribution in [-0.2, 0) is 0 Å². The van der Waals surface area contributed by atoms with Crippen LogP contribution < -0.4 is 14.4 Å². The molecule has 1 fully saturated rings. The lowest BCUT2D eigenvalue weighted by molar-refractivity contribution is 0.310. The fourth-order valence-corrected chi connectivity index (χ4v) is 2.02. The summed E-state index contributed by atoms with van der Waals surface area (Å²) < 4.78 is 22.7. The largest absolute Gasteiger partial charge is 0.467 e. The second-order valence-electron chi connectivity index (χ2n) is 4.22. The average Bonchev–Trinajstić information content (AvgIpc) is 2.46. The highest BCUT2D eigenvalue weighted by Gasteiger charge is 2.23. The Morgan fingerprint density at radius 2 is 1.89 bits per heavy atom. The Morgan fingerprint density at radius 3 is 2.44 bits per heavy atom. The van der Waals surface area contributed by atoms with Gasteiger partial charge in [0, 0.05) is 19.0 Å². The molecule has 0 aliphatic carbocycles. The average molecular weight is 256 g/mol. The quantitative estimate of drug-likeness (QED) is 0.803. The van der Waals surface area contributed by atoms with Crippen molar-refractivity contribution in [1.82, 2.24) is 15.0 Å². The Balaban J connectivity index is 2.20. The van der Waals surface area contributed by atoms with E-state index < -0.39 is 0 Å². The number of anilines is 1. The Labute approximate surface area is 105 Å². The normalized spacial score (nSPS) is 19.7. The molecule has 2 heterocycles. The zero-order valence-electron chi connectivity index (χ0n) is 10.6.